The monoisotopic (exact) mass is 635 g/mol. The fourth-order valence-electron chi connectivity index (χ4n) is 7.22. The van der Waals surface area contributed by atoms with Gasteiger partial charge in [-0.1, -0.05) is 111 Å². The van der Waals surface area contributed by atoms with Gasteiger partial charge in [0.15, 0.2) is 0 Å². The van der Waals surface area contributed by atoms with Gasteiger partial charge >= 0.3 is 0 Å². The highest BCUT2D eigenvalue weighted by molar-refractivity contribution is 5.52. The second kappa shape index (κ2) is 19.6. The predicted octanol–water partition coefficient (Wildman–Crippen LogP) is 14.4. The van der Waals surface area contributed by atoms with Crippen LogP contribution in [0.3, 0.4) is 0 Å². The van der Waals surface area contributed by atoms with E-state index in [1.165, 1.54) is 89.0 Å². The molecule has 0 saturated carbocycles. The zero-order chi connectivity index (χ0) is 36.2. The average Bonchev–Trinajstić information content (AvgIpc) is 3.06. The quantitative estimate of drug-likeness (QED) is 0.195. The van der Waals surface area contributed by atoms with Crippen molar-refractivity contribution in [2.45, 2.75) is 156 Å². The van der Waals surface area contributed by atoms with Crippen LogP contribution in [0.4, 0.5) is 0 Å². The lowest BCUT2D eigenvalue weighted by Gasteiger charge is -2.28. The number of fused-ring (bicyclic) bond motifs is 6. The van der Waals surface area contributed by atoms with Gasteiger partial charge in [-0.05, 0) is 171 Å². The van der Waals surface area contributed by atoms with Gasteiger partial charge in [-0.25, -0.2) is 0 Å². The average molecular weight is 635 g/mol. The molecule has 0 heterocycles. The van der Waals surface area contributed by atoms with E-state index < -0.39 is 0 Å². The van der Waals surface area contributed by atoms with Crippen LogP contribution in [-0.4, -0.2) is 0 Å². The molecule has 0 aromatic heterocycles. The van der Waals surface area contributed by atoms with E-state index in [1.54, 1.807) is 0 Å². The standard InChI is InChI=1S/C39H46.4C2H6/c1-22-13-29(8)38(17-23(22)2)35-12-11-32-18-33(25(4)14-24(32)3)19-34-20-36(27(6)15-26(34)5)31(10)37-21-39(35)30(9)16-28(37)7;4*1-2/h13-18,20-21,31,35H,11-12,19H2,1-10H3;4*1-2H3. The molecule has 6 bridgehead atoms. The highest BCUT2D eigenvalue weighted by Crippen LogP contribution is 2.40. The molecule has 258 valence electrons. The highest BCUT2D eigenvalue weighted by atomic mass is 14.3. The Labute approximate surface area is 292 Å². The van der Waals surface area contributed by atoms with Crippen LogP contribution in [0.5, 0.6) is 0 Å². The fourth-order valence-corrected chi connectivity index (χ4v) is 7.22. The normalized spacial score (nSPS) is 14.8. The molecule has 0 saturated heterocycles. The Morgan fingerprint density at radius 1 is 0.362 bits per heavy atom. The van der Waals surface area contributed by atoms with Gasteiger partial charge < -0.3 is 0 Å². The topological polar surface area (TPSA) is 0 Å². The lowest BCUT2D eigenvalue weighted by molar-refractivity contribution is 0.700. The highest BCUT2D eigenvalue weighted by Gasteiger charge is 2.24. The first-order valence-electron chi connectivity index (χ1n) is 18.8. The molecule has 2 atom stereocenters. The van der Waals surface area contributed by atoms with Gasteiger partial charge in [0.2, 0.25) is 0 Å². The van der Waals surface area contributed by atoms with E-state index in [0.717, 1.165) is 19.3 Å². The summed E-state index contributed by atoms with van der Waals surface area (Å²) in [6, 6.07) is 19.8. The number of hydrogen-bond acceptors (Lipinski definition) is 0. The zero-order valence-electron chi connectivity index (χ0n) is 33.9. The fraction of sp³-hybridized carbons (Fsp3) is 0.489. The van der Waals surface area contributed by atoms with E-state index in [4.69, 9.17) is 0 Å². The molecule has 0 N–H and O–H groups in total. The van der Waals surface area contributed by atoms with E-state index in [9.17, 15) is 0 Å². The van der Waals surface area contributed by atoms with Crippen LogP contribution in [0.25, 0.3) is 0 Å². The summed E-state index contributed by atoms with van der Waals surface area (Å²) >= 11 is 0. The molecule has 0 heteroatoms. The molecule has 0 amide bonds. The van der Waals surface area contributed by atoms with Crippen molar-refractivity contribution < 1.29 is 0 Å². The van der Waals surface area contributed by atoms with E-state index in [1.807, 2.05) is 55.4 Å². The van der Waals surface area contributed by atoms with Crippen molar-refractivity contribution in [3.05, 3.63) is 138 Å². The molecular weight excluding hydrogens is 565 g/mol. The molecule has 0 nitrogen and oxygen atoms in total. The van der Waals surface area contributed by atoms with Crippen molar-refractivity contribution in [1.82, 2.24) is 0 Å². The molecule has 1 aliphatic carbocycles. The maximum atomic E-state index is 2.58. The van der Waals surface area contributed by atoms with Crippen molar-refractivity contribution in [3.63, 3.8) is 0 Å². The van der Waals surface area contributed by atoms with Gasteiger partial charge in [0.1, 0.15) is 0 Å². The van der Waals surface area contributed by atoms with Crippen molar-refractivity contribution >= 4 is 0 Å². The van der Waals surface area contributed by atoms with Gasteiger partial charge in [-0.3, -0.25) is 0 Å². The molecule has 4 aromatic rings. The summed E-state index contributed by atoms with van der Waals surface area (Å²) in [7, 11) is 0. The lowest BCUT2D eigenvalue weighted by atomic mass is 9.77. The van der Waals surface area contributed by atoms with Crippen LogP contribution in [-0.2, 0) is 12.8 Å². The van der Waals surface area contributed by atoms with Crippen LogP contribution in [0.15, 0.2) is 48.5 Å². The predicted molar refractivity (Wildman–Crippen MR) is 214 cm³/mol. The molecule has 0 aliphatic heterocycles. The molecule has 0 radical (unpaired) electrons. The van der Waals surface area contributed by atoms with Crippen molar-refractivity contribution in [3.8, 4) is 0 Å². The Hall–Kier alpha value is -3.12. The van der Waals surface area contributed by atoms with Gasteiger partial charge in [-0.15, -0.1) is 0 Å². The van der Waals surface area contributed by atoms with E-state index in [2.05, 4.69) is 118 Å². The summed E-state index contributed by atoms with van der Waals surface area (Å²) in [4.78, 5) is 0. The Morgan fingerprint density at radius 2 is 0.723 bits per heavy atom. The Balaban J connectivity index is 0.00000128. The molecule has 1 aliphatic rings. The molecular formula is C47H70. The summed E-state index contributed by atoms with van der Waals surface area (Å²) in [5.74, 6) is 0.723. The maximum Gasteiger partial charge on any atom is 0.00979 e. The van der Waals surface area contributed by atoms with Crippen LogP contribution < -0.4 is 0 Å². The second-order valence-electron chi connectivity index (χ2n) is 12.7. The van der Waals surface area contributed by atoms with Crippen LogP contribution >= 0.6 is 0 Å². The third-order valence-electron chi connectivity index (χ3n) is 9.82. The minimum atomic E-state index is 0.350. The Bertz CT molecular complexity index is 1580. The molecule has 5 rings (SSSR count). The molecule has 47 heavy (non-hydrogen) atoms. The third-order valence-corrected chi connectivity index (χ3v) is 9.82. The van der Waals surface area contributed by atoms with Crippen molar-refractivity contribution in [1.29, 1.82) is 0 Å². The summed E-state index contributed by atoms with van der Waals surface area (Å²) in [6.07, 6.45) is 3.21. The summed E-state index contributed by atoms with van der Waals surface area (Å²) < 4.78 is 0. The first kappa shape index (κ1) is 41.9. The summed E-state index contributed by atoms with van der Waals surface area (Å²) in [5, 5.41) is 0. The number of rotatable bonds is 1. The minimum Gasteiger partial charge on any atom is -0.0683 e. The van der Waals surface area contributed by atoms with Crippen LogP contribution in [0.1, 0.15) is 170 Å². The van der Waals surface area contributed by atoms with Gasteiger partial charge in [0, 0.05) is 11.8 Å². The summed E-state index contributed by atoms with van der Waals surface area (Å²) in [6.45, 7) is 39.1. The largest absolute Gasteiger partial charge is 0.0683 e. The van der Waals surface area contributed by atoms with Crippen LogP contribution in [0, 0.1) is 62.3 Å². The number of hydrogen-bond donors (Lipinski definition) is 0. The second-order valence-corrected chi connectivity index (χ2v) is 12.7. The number of benzene rings is 4. The van der Waals surface area contributed by atoms with E-state index in [-0.39, 0.29) is 0 Å². The smallest absolute Gasteiger partial charge is 0.00979 e. The number of aryl methyl sites for hydroxylation is 10. The lowest BCUT2D eigenvalue weighted by Crippen LogP contribution is -2.12. The van der Waals surface area contributed by atoms with Crippen LogP contribution in [0.2, 0.25) is 0 Å². The van der Waals surface area contributed by atoms with Gasteiger partial charge in [-0.2, -0.15) is 0 Å². The first-order valence-corrected chi connectivity index (χ1v) is 18.8. The Kier molecular flexibility index (Phi) is 17.5. The third kappa shape index (κ3) is 9.72. The van der Waals surface area contributed by atoms with E-state index in [0.29, 0.717) is 11.8 Å². The minimum absolute atomic E-state index is 0.350. The molecule has 2 unspecified atom stereocenters. The molecule has 4 aromatic carbocycles. The SMILES string of the molecule is CC.CC.CC.CC.Cc1cc(C)c(C2CCc3cc(c(C)cc3C)Cc3cc(c(C)cc3C)C(C)c3cc2c(C)cc3C)cc1C. The van der Waals surface area contributed by atoms with E-state index >= 15 is 0 Å². The van der Waals surface area contributed by atoms with Gasteiger partial charge in [0.25, 0.3) is 0 Å². The van der Waals surface area contributed by atoms with Crippen molar-refractivity contribution in [2.75, 3.05) is 0 Å². The van der Waals surface area contributed by atoms with Crippen molar-refractivity contribution in [2.24, 2.45) is 0 Å². The molecule has 0 spiro atoms. The summed E-state index contributed by atoms with van der Waals surface area (Å²) in [5.41, 5.74) is 23.0. The zero-order valence-corrected chi connectivity index (χ0v) is 33.9. The molecule has 0 fully saturated rings. The van der Waals surface area contributed by atoms with Gasteiger partial charge in [0.05, 0.1) is 0 Å². The maximum absolute atomic E-state index is 2.58. The Morgan fingerprint density at radius 3 is 1.28 bits per heavy atom. The first-order chi connectivity index (χ1) is 22.4.